The fourth-order valence-electron chi connectivity index (χ4n) is 6.14. The minimum atomic E-state index is 0.411. The average Bonchev–Trinajstić information content (AvgIpc) is 3.55. The van der Waals surface area contributed by atoms with Crippen molar-refractivity contribution >= 4 is 5.57 Å². The molecule has 0 saturated heterocycles. The Labute approximate surface area is 207 Å². The van der Waals surface area contributed by atoms with Crippen molar-refractivity contribution in [2.24, 2.45) is 11.8 Å². The second kappa shape index (κ2) is 10.8. The molecule has 0 heterocycles. The minimum absolute atomic E-state index is 0.411. The van der Waals surface area contributed by atoms with Crippen molar-refractivity contribution in [2.75, 3.05) is 0 Å². The number of aryl methyl sites for hydroxylation is 3. The number of hydrogen-bond acceptors (Lipinski definition) is 0. The predicted octanol–water partition coefficient (Wildman–Crippen LogP) is 9.00. The van der Waals surface area contributed by atoms with E-state index in [4.69, 9.17) is 0 Å². The first-order valence-corrected chi connectivity index (χ1v) is 13.7. The van der Waals surface area contributed by atoms with E-state index in [1.165, 1.54) is 91.2 Å². The quantitative estimate of drug-likeness (QED) is 0.318. The Kier molecular flexibility index (Phi) is 7.33. The summed E-state index contributed by atoms with van der Waals surface area (Å²) in [6.45, 7) is 4.66. The van der Waals surface area contributed by atoms with Gasteiger partial charge in [-0.1, -0.05) is 112 Å². The van der Waals surface area contributed by atoms with Gasteiger partial charge in [-0.05, 0) is 89.0 Å². The topological polar surface area (TPSA) is 0 Å². The van der Waals surface area contributed by atoms with E-state index in [2.05, 4.69) is 86.7 Å². The van der Waals surface area contributed by atoms with Crippen LogP contribution in [0.3, 0.4) is 0 Å². The molecule has 3 aliphatic carbocycles. The van der Waals surface area contributed by atoms with Crippen LogP contribution in [0.25, 0.3) is 5.57 Å². The number of benzene rings is 2. The molecule has 0 radical (unpaired) electrons. The number of hydrogen-bond donors (Lipinski definition) is 0. The number of unbranched alkanes of at least 4 members (excludes halogenated alkanes) is 1. The fourth-order valence-corrected chi connectivity index (χ4v) is 6.14. The predicted molar refractivity (Wildman–Crippen MR) is 147 cm³/mol. The molecule has 1 atom stereocenters. The van der Waals surface area contributed by atoms with Crippen molar-refractivity contribution in [1.29, 1.82) is 0 Å². The molecule has 3 aliphatic rings. The first-order valence-electron chi connectivity index (χ1n) is 13.7. The molecule has 0 bridgehead atoms. The Morgan fingerprint density at radius 3 is 2.41 bits per heavy atom. The van der Waals surface area contributed by atoms with Gasteiger partial charge < -0.3 is 0 Å². The van der Waals surface area contributed by atoms with E-state index in [0.29, 0.717) is 5.92 Å². The summed E-state index contributed by atoms with van der Waals surface area (Å²) in [5, 5.41) is 0. The highest BCUT2D eigenvalue weighted by atomic mass is 14.3. The monoisotopic (exact) mass is 448 g/mol. The average molecular weight is 449 g/mol. The molecule has 0 amide bonds. The van der Waals surface area contributed by atoms with Crippen molar-refractivity contribution in [3.63, 3.8) is 0 Å². The van der Waals surface area contributed by atoms with Crippen LogP contribution in [0, 0.1) is 11.8 Å². The zero-order valence-corrected chi connectivity index (χ0v) is 21.2. The lowest BCUT2D eigenvalue weighted by molar-refractivity contribution is 0.434. The zero-order valence-electron chi connectivity index (χ0n) is 21.2. The van der Waals surface area contributed by atoms with Crippen molar-refractivity contribution in [2.45, 2.75) is 78.1 Å². The third kappa shape index (κ3) is 5.07. The number of fused-ring (bicyclic) bond motifs is 2. The molecule has 0 fully saturated rings. The summed E-state index contributed by atoms with van der Waals surface area (Å²) in [7, 11) is 0. The van der Waals surface area contributed by atoms with E-state index < -0.39 is 0 Å². The normalized spacial score (nSPS) is 18.6. The Hall–Kier alpha value is -2.60. The van der Waals surface area contributed by atoms with Gasteiger partial charge in [0.2, 0.25) is 0 Å². The molecule has 2 aromatic carbocycles. The highest BCUT2D eigenvalue weighted by Crippen LogP contribution is 2.42. The van der Waals surface area contributed by atoms with Crippen LogP contribution in [0.2, 0.25) is 0 Å². The first kappa shape index (κ1) is 23.2. The van der Waals surface area contributed by atoms with E-state index in [1.807, 2.05) is 0 Å². The van der Waals surface area contributed by atoms with Gasteiger partial charge in [0.15, 0.2) is 0 Å². The van der Waals surface area contributed by atoms with E-state index >= 15 is 0 Å². The van der Waals surface area contributed by atoms with Gasteiger partial charge in [0, 0.05) is 5.92 Å². The van der Waals surface area contributed by atoms with Gasteiger partial charge in [-0.3, -0.25) is 0 Å². The molecule has 0 heteroatoms. The maximum absolute atomic E-state index is 2.46. The molecule has 176 valence electrons. The molecule has 34 heavy (non-hydrogen) atoms. The van der Waals surface area contributed by atoms with Crippen LogP contribution < -0.4 is 0 Å². The maximum atomic E-state index is 2.46. The smallest absolute Gasteiger partial charge is 0.0281 e. The Morgan fingerprint density at radius 1 is 0.794 bits per heavy atom. The molecule has 0 aliphatic heterocycles. The van der Waals surface area contributed by atoms with E-state index in [0.717, 1.165) is 12.3 Å². The van der Waals surface area contributed by atoms with Gasteiger partial charge in [0.1, 0.15) is 0 Å². The van der Waals surface area contributed by atoms with Gasteiger partial charge >= 0.3 is 0 Å². The van der Waals surface area contributed by atoms with Crippen LogP contribution in [-0.4, -0.2) is 0 Å². The van der Waals surface area contributed by atoms with Crippen molar-refractivity contribution in [1.82, 2.24) is 0 Å². The highest BCUT2D eigenvalue weighted by molar-refractivity contribution is 5.79. The van der Waals surface area contributed by atoms with Gasteiger partial charge in [0.25, 0.3) is 0 Å². The largest absolute Gasteiger partial charge is 0.0726 e. The van der Waals surface area contributed by atoms with E-state index in [1.54, 1.807) is 11.1 Å². The van der Waals surface area contributed by atoms with Crippen LogP contribution in [-0.2, 0) is 25.7 Å². The van der Waals surface area contributed by atoms with Crippen LogP contribution in [0.5, 0.6) is 0 Å². The molecule has 0 spiro atoms. The Bertz CT molecular complexity index is 1120. The van der Waals surface area contributed by atoms with E-state index in [-0.39, 0.29) is 0 Å². The van der Waals surface area contributed by atoms with Crippen LogP contribution in [0.15, 0.2) is 84.0 Å². The van der Waals surface area contributed by atoms with Crippen molar-refractivity contribution < 1.29 is 0 Å². The van der Waals surface area contributed by atoms with Gasteiger partial charge in [-0.15, -0.1) is 0 Å². The van der Waals surface area contributed by atoms with Crippen LogP contribution in [0.4, 0.5) is 0 Å². The Morgan fingerprint density at radius 2 is 1.59 bits per heavy atom. The van der Waals surface area contributed by atoms with Crippen molar-refractivity contribution in [3.8, 4) is 0 Å². The lowest BCUT2D eigenvalue weighted by atomic mass is 9.79. The lowest BCUT2D eigenvalue weighted by Crippen LogP contribution is -2.10. The molecule has 2 aromatic rings. The molecule has 0 saturated carbocycles. The van der Waals surface area contributed by atoms with Crippen molar-refractivity contribution in [3.05, 3.63) is 112 Å². The second-order valence-corrected chi connectivity index (χ2v) is 10.6. The van der Waals surface area contributed by atoms with E-state index in [9.17, 15) is 0 Å². The summed E-state index contributed by atoms with van der Waals surface area (Å²) >= 11 is 0. The SMILES string of the molecule is CCC(CC)CCCCc1ccc(CC2=CC=C(c3ccc4c(c3)CCC4)C3C=CC=C23)cc1. The summed E-state index contributed by atoms with van der Waals surface area (Å²) in [5.74, 6) is 1.33. The summed E-state index contributed by atoms with van der Waals surface area (Å²) in [6.07, 6.45) is 24.5. The minimum Gasteiger partial charge on any atom is -0.0726 e. The fraction of sp³-hybridized carbons (Fsp3) is 0.412. The molecule has 1 unspecified atom stereocenters. The van der Waals surface area contributed by atoms with Crippen LogP contribution in [0.1, 0.15) is 80.2 Å². The summed E-state index contributed by atoms with van der Waals surface area (Å²) in [4.78, 5) is 0. The third-order valence-electron chi connectivity index (χ3n) is 8.42. The summed E-state index contributed by atoms with van der Waals surface area (Å²) < 4.78 is 0. The third-order valence-corrected chi connectivity index (χ3v) is 8.42. The molecular formula is C34H40. The maximum Gasteiger partial charge on any atom is 0.0281 e. The first-order chi connectivity index (χ1) is 16.7. The molecule has 5 rings (SSSR count). The lowest BCUT2D eigenvalue weighted by Gasteiger charge is -2.25. The summed E-state index contributed by atoms with van der Waals surface area (Å²) in [6, 6.07) is 16.6. The van der Waals surface area contributed by atoms with Crippen LogP contribution >= 0.6 is 0 Å². The molecule has 0 aromatic heterocycles. The Balaban J connectivity index is 1.23. The standard InChI is InChI=1S/C34H40/c1-3-25(4-2)9-5-6-10-26-15-17-27(18-16-26)23-30-21-22-33(34-14-8-13-32(30)34)31-20-19-28-11-7-12-29(28)24-31/h8,13-22,24-25,34H,3-7,9-12,23H2,1-2H3. The van der Waals surface area contributed by atoms with Gasteiger partial charge in [-0.25, -0.2) is 0 Å². The second-order valence-electron chi connectivity index (χ2n) is 10.6. The molecular weight excluding hydrogens is 408 g/mol. The number of allylic oxidation sites excluding steroid dienone is 8. The summed E-state index contributed by atoms with van der Waals surface area (Å²) in [5.41, 5.74) is 11.9. The molecule has 0 nitrogen and oxygen atoms in total. The zero-order chi connectivity index (χ0) is 23.3. The number of rotatable bonds is 10. The molecule has 0 N–H and O–H groups in total. The van der Waals surface area contributed by atoms with Gasteiger partial charge in [-0.2, -0.15) is 0 Å². The highest BCUT2D eigenvalue weighted by Gasteiger charge is 2.26. The van der Waals surface area contributed by atoms with Gasteiger partial charge in [0.05, 0.1) is 0 Å².